The molecular formula is C27H35N7O2. The van der Waals surface area contributed by atoms with E-state index in [1.165, 1.54) is 11.1 Å². The highest BCUT2D eigenvalue weighted by Crippen LogP contribution is 2.33. The van der Waals surface area contributed by atoms with Crippen LogP contribution in [0, 0.1) is 11.3 Å². The minimum Gasteiger partial charge on any atom is -0.380 e. The van der Waals surface area contributed by atoms with Gasteiger partial charge in [-0.2, -0.15) is 10.2 Å². The van der Waals surface area contributed by atoms with Crippen LogP contribution in [0.2, 0.25) is 0 Å². The molecule has 4 heterocycles. The molecule has 1 aromatic carbocycles. The van der Waals surface area contributed by atoms with E-state index in [9.17, 15) is 10.1 Å². The number of benzene rings is 1. The first-order chi connectivity index (χ1) is 17.3. The number of hydrogen-bond acceptors (Lipinski definition) is 7. The van der Waals surface area contributed by atoms with Crippen molar-refractivity contribution < 1.29 is 4.74 Å². The van der Waals surface area contributed by atoms with Crippen molar-refractivity contribution in [2.45, 2.75) is 64.7 Å². The number of piperazine rings is 1. The van der Waals surface area contributed by atoms with Crippen LogP contribution in [0.25, 0.3) is 11.2 Å². The van der Waals surface area contributed by atoms with Crippen molar-refractivity contribution in [1.29, 1.82) is 5.26 Å². The lowest BCUT2D eigenvalue weighted by Gasteiger charge is -2.47. The molecule has 0 saturated carbocycles. The quantitative estimate of drug-likeness (QED) is 0.526. The summed E-state index contributed by atoms with van der Waals surface area (Å²) in [6, 6.07) is 11.8. The van der Waals surface area contributed by atoms with Crippen molar-refractivity contribution in [3.8, 4) is 6.07 Å². The molecular weight excluding hydrogens is 454 g/mol. The number of nitrogens with zero attached hydrogens (tertiary/aromatic N) is 7. The van der Waals surface area contributed by atoms with Crippen LogP contribution in [-0.2, 0) is 24.8 Å². The fourth-order valence-electron chi connectivity index (χ4n) is 5.71. The molecule has 0 amide bonds. The first-order valence-corrected chi connectivity index (χ1v) is 12.9. The molecule has 190 valence electrons. The van der Waals surface area contributed by atoms with Crippen LogP contribution in [0.4, 0.5) is 5.82 Å². The number of ether oxygens (including phenoxy) is 1. The predicted octanol–water partition coefficient (Wildman–Crippen LogP) is 2.99. The average Bonchev–Trinajstić information content (AvgIpc) is 3.20. The first-order valence-electron chi connectivity index (χ1n) is 12.9. The summed E-state index contributed by atoms with van der Waals surface area (Å²) in [7, 11) is 1.72. The van der Waals surface area contributed by atoms with Crippen molar-refractivity contribution in [2.75, 3.05) is 31.2 Å². The molecule has 9 nitrogen and oxygen atoms in total. The third-order valence-electron chi connectivity index (χ3n) is 7.90. The SMILES string of the molecule is CCn1c(CC#N)nc2c(N3C[C@@H](C)N(C(C)c4cccc(C5COC5)c4)C[C@@H]3C)nc(=O)n(C)c21. The third kappa shape index (κ3) is 4.08. The van der Waals surface area contributed by atoms with Gasteiger partial charge in [0.15, 0.2) is 5.82 Å². The van der Waals surface area contributed by atoms with E-state index in [2.05, 4.69) is 65.9 Å². The van der Waals surface area contributed by atoms with Crippen molar-refractivity contribution in [3.63, 3.8) is 0 Å². The molecule has 0 radical (unpaired) electrons. The topological polar surface area (TPSA) is 92.2 Å². The second-order valence-corrected chi connectivity index (χ2v) is 10.2. The molecule has 3 atom stereocenters. The van der Waals surface area contributed by atoms with Gasteiger partial charge in [0.25, 0.3) is 0 Å². The first kappa shape index (κ1) is 24.5. The molecule has 3 aromatic rings. The Hall–Kier alpha value is -3.22. The lowest BCUT2D eigenvalue weighted by Crippen LogP contribution is -2.57. The molecule has 9 heteroatoms. The molecule has 1 unspecified atom stereocenters. The van der Waals surface area contributed by atoms with E-state index < -0.39 is 0 Å². The molecule has 0 bridgehead atoms. The molecule has 0 aliphatic carbocycles. The maximum Gasteiger partial charge on any atom is 0.350 e. The maximum absolute atomic E-state index is 12.9. The Balaban J connectivity index is 1.46. The van der Waals surface area contributed by atoms with Crippen LogP contribution in [0.5, 0.6) is 0 Å². The van der Waals surface area contributed by atoms with Crippen LogP contribution >= 0.6 is 0 Å². The van der Waals surface area contributed by atoms with Gasteiger partial charge in [-0.1, -0.05) is 24.3 Å². The van der Waals surface area contributed by atoms with E-state index >= 15 is 0 Å². The Morgan fingerprint density at radius 3 is 2.64 bits per heavy atom. The Kier molecular flexibility index (Phi) is 6.58. The Morgan fingerprint density at radius 2 is 1.97 bits per heavy atom. The highest BCUT2D eigenvalue weighted by molar-refractivity contribution is 5.84. The number of anilines is 1. The summed E-state index contributed by atoms with van der Waals surface area (Å²) in [6.07, 6.45) is 0.194. The normalized spacial score (nSPS) is 21.9. The number of fused-ring (bicyclic) bond motifs is 1. The average molecular weight is 490 g/mol. The fraction of sp³-hybridized carbons (Fsp3) is 0.556. The second kappa shape index (κ2) is 9.68. The summed E-state index contributed by atoms with van der Waals surface area (Å²) in [6.45, 7) is 12.5. The summed E-state index contributed by atoms with van der Waals surface area (Å²) < 4.78 is 8.90. The van der Waals surface area contributed by atoms with E-state index in [4.69, 9.17) is 9.72 Å². The molecule has 5 rings (SSSR count). The zero-order chi connectivity index (χ0) is 25.6. The van der Waals surface area contributed by atoms with E-state index in [1.807, 2.05) is 11.5 Å². The van der Waals surface area contributed by atoms with Crippen molar-refractivity contribution in [2.24, 2.45) is 7.05 Å². The number of aryl methyl sites for hydroxylation is 2. The minimum atomic E-state index is -0.303. The molecule has 2 aromatic heterocycles. The summed E-state index contributed by atoms with van der Waals surface area (Å²) in [5, 5.41) is 9.31. The Morgan fingerprint density at radius 1 is 1.19 bits per heavy atom. The number of aromatic nitrogens is 4. The van der Waals surface area contributed by atoms with Gasteiger partial charge in [0.05, 0.1) is 25.7 Å². The van der Waals surface area contributed by atoms with Crippen LogP contribution < -0.4 is 10.6 Å². The molecule has 0 spiro atoms. The standard InChI is InChI=1S/C27H35N7O2/c1-6-32-23(10-11-28)29-24-25(30-27(35)31(5)26(24)32)34-14-17(2)33(13-18(34)3)19(4)20-8-7-9-21(12-20)22-15-36-16-22/h7-9,12,17-19,22H,6,10,13-16H2,1-5H3/t17-,18+,19?/m1/s1. The fourth-order valence-corrected chi connectivity index (χ4v) is 5.71. The molecule has 36 heavy (non-hydrogen) atoms. The molecule has 2 fully saturated rings. The molecule has 0 N–H and O–H groups in total. The van der Waals surface area contributed by atoms with Crippen LogP contribution in [-0.4, -0.2) is 62.4 Å². The van der Waals surface area contributed by atoms with Gasteiger partial charge in [0.2, 0.25) is 0 Å². The second-order valence-electron chi connectivity index (χ2n) is 10.2. The number of rotatable bonds is 6. The van der Waals surface area contributed by atoms with E-state index in [0.717, 1.165) is 32.0 Å². The van der Waals surface area contributed by atoms with Crippen molar-refractivity contribution in [1.82, 2.24) is 24.0 Å². The third-order valence-corrected chi connectivity index (χ3v) is 7.90. The lowest BCUT2D eigenvalue weighted by atomic mass is 9.93. The summed E-state index contributed by atoms with van der Waals surface area (Å²) >= 11 is 0. The predicted molar refractivity (Wildman–Crippen MR) is 139 cm³/mol. The van der Waals surface area contributed by atoms with Gasteiger partial charge >= 0.3 is 5.69 Å². The van der Waals surface area contributed by atoms with Gasteiger partial charge < -0.3 is 14.2 Å². The number of hydrogen-bond donors (Lipinski definition) is 0. The minimum absolute atomic E-state index is 0.140. The monoisotopic (exact) mass is 489 g/mol. The van der Waals surface area contributed by atoms with Gasteiger partial charge in [-0.25, -0.2) is 9.78 Å². The molecule has 2 aliphatic heterocycles. The summed E-state index contributed by atoms with van der Waals surface area (Å²) in [5.74, 6) is 1.80. The Bertz CT molecular complexity index is 1370. The summed E-state index contributed by atoms with van der Waals surface area (Å²) in [5.41, 5.74) is 3.80. The van der Waals surface area contributed by atoms with Crippen LogP contribution in [0.15, 0.2) is 29.1 Å². The van der Waals surface area contributed by atoms with Gasteiger partial charge in [-0.3, -0.25) is 9.47 Å². The van der Waals surface area contributed by atoms with E-state index in [-0.39, 0.29) is 30.2 Å². The lowest BCUT2D eigenvalue weighted by molar-refractivity contribution is 0.00833. The smallest absolute Gasteiger partial charge is 0.350 e. The van der Waals surface area contributed by atoms with Crippen LogP contribution in [0.3, 0.4) is 0 Å². The molecule has 2 saturated heterocycles. The molecule has 2 aliphatic rings. The highest BCUT2D eigenvalue weighted by atomic mass is 16.5. The van der Waals surface area contributed by atoms with Gasteiger partial charge in [0.1, 0.15) is 17.0 Å². The largest absolute Gasteiger partial charge is 0.380 e. The van der Waals surface area contributed by atoms with E-state index in [1.54, 1.807) is 11.6 Å². The maximum atomic E-state index is 12.9. The number of imidazole rings is 1. The Labute approximate surface area is 211 Å². The van der Waals surface area contributed by atoms with Crippen LogP contribution in [0.1, 0.15) is 56.6 Å². The van der Waals surface area contributed by atoms with Crippen molar-refractivity contribution >= 4 is 17.0 Å². The van der Waals surface area contributed by atoms with Gasteiger partial charge in [0, 0.05) is 50.7 Å². The zero-order valence-electron chi connectivity index (χ0n) is 21.8. The van der Waals surface area contributed by atoms with Crippen molar-refractivity contribution in [3.05, 3.63) is 51.7 Å². The van der Waals surface area contributed by atoms with Gasteiger partial charge in [-0.15, -0.1) is 0 Å². The number of nitriles is 1. The highest BCUT2D eigenvalue weighted by Gasteiger charge is 2.35. The van der Waals surface area contributed by atoms with Gasteiger partial charge in [-0.05, 0) is 38.8 Å². The summed E-state index contributed by atoms with van der Waals surface area (Å²) in [4.78, 5) is 26.9. The zero-order valence-corrected chi connectivity index (χ0v) is 21.8. The van der Waals surface area contributed by atoms with E-state index in [0.29, 0.717) is 29.6 Å².